The summed E-state index contributed by atoms with van der Waals surface area (Å²) in [5.41, 5.74) is 5.58. The Balaban J connectivity index is 1.17. The molecular formula is C50H64N4O4. The molecule has 1 aliphatic carbocycles. The summed E-state index contributed by atoms with van der Waals surface area (Å²) >= 11 is 0. The topological polar surface area (TPSA) is 83.1 Å². The molecule has 0 fully saturated rings. The maximum Gasteiger partial charge on any atom is 0.212 e. The first kappa shape index (κ1) is 43.9. The van der Waals surface area contributed by atoms with Crippen LogP contribution in [0.25, 0.3) is 11.1 Å². The van der Waals surface area contributed by atoms with Crippen molar-refractivity contribution in [2.45, 2.75) is 78.3 Å². The van der Waals surface area contributed by atoms with Crippen molar-refractivity contribution >= 4 is 22.7 Å². The predicted molar refractivity (Wildman–Crippen MR) is 238 cm³/mol. The average molecular weight is 785 g/mol. The van der Waals surface area contributed by atoms with Crippen molar-refractivity contribution in [2.24, 2.45) is 0 Å². The van der Waals surface area contributed by atoms with Gasteiger partial charge in [0.1, 0.15) is 11.5 Å². The van der Waals surface area contributed by atoms with Gasteiger partial charge in [-0.05, 0) is 75.1 Å². The van der Waals surface area contributed by atoms with Crippen molar-refractivity contribution in [3.8, 4) is 11.5 Å². The molecule has 308 valence electrons. The number of unbranched alkanes of at least 4 members (excludes halogenated alkanes) is 6. The van der Waals surface area contributed by atoms with Gasteiger partial charge in [0.2, 0.25) is 11.6 Å². The fourth-order valence-corrected chi connectivity index (χ4v) is 7.70. The maximum absolute atomic E-state index is 14.6. The van der Waals surface area contributed by atoms with Gasteiger partial charge in [-0.15, -0.1) is 0 Å². The molecule has 0 radical (unpaired) electrons. The molecule has 8 nitrogen and oxygen atoms in total. The van der Waals surface area contributed by atoms with E-state index >= 15 is 0 Å². The minimum absolute atomic E-state index is 0.142. The second kappa shape index (κ2) is 23.9. The van der Waals surface area contributed by atoms with Gasteiger partial charge in [-0.2, -0.15) is 0 Å². The monoisotopic (exact) mass is 784 g/mol. The molecule has 0 aliphatic heterocycles. The molecule has 0 unspecified atom stereocenters. The highest BCUT2D eigenvalue weighted by Crippen LogP contribution is 2.34. The van der Waals surface area contributed by atoms with Gasteiger partial charge in [-0.25, -0.2) is 0 Å². The van der Waals surface area contributed by atoms with Crippen LogP contribution >= 0.6 is 0 Å². The number of carbonyl (C=O) groups excluding carboxylic acids is 2. The number of rotatable bonds is 26. The molecule has 4 aromatic carbocycles. The number of methoxy groups -OCH3 is 2. The molecule has 0 spiro atoms. The first-order chi connectivity index (χ1) is 28.5. The quantitative estimate of drug-likeness (QED) is 0.0482. The number of benzene rings is 4. The van der Waals surface area contributed by atoms with Crippen molar-refractivity contribution in [2.75, 3.05) is 53.5 Å². The first-order valence-corrected chi connectivity index (χ1v) is 21.3. The van der Waals surface area contributed by atoms with Gasteiger partial charge in [0, 0.05) is 37.3 Å². The summed E-state index contributed by atoms with van der Waals surface area (Å²) < 4.78 is 11.1. The largest absolute Gasteiger partial charge is 0.496 e. The molecule has 0 aromatic heterocycles. The predicted octanol–water partition coefficient (Wildman–Crippen LogP) is 9.32. The lowest BCUT2D eigenvalue weighted by Crippen LogP contribution is -2.35. The van der Waals surface area contributed by atoms with Gasteiger partial charge in [0.15, 0.2) is 0 Å². The second-order valence-corrected chi connectivity index (χ2v) is 14.9. The fourth-order valence-electron chi connectivity index (χ4n) is 7.70. The molecule has 0 saturated heterocycles. The van der Waals surface area contributed by atoms with Crippen molar-refractivity contribution in [3.05, 3.63) is 143 Å². The maximum atomic E-state index is 14.6. The van der Waals surface area contributed by atoms with Gasteiger partial charge in [-0.1, -0.05) is 137 Å². The van der Waals surface area contributed by atoms with Gasteiger partial charge in [0.05, 0.1) is 36.8 Å². The van der Waals surface area contributed by atoms with Crippen LogP contribution < -0.4 is 20.1 Å². The molecule has 1 aliphatic rings. The number of Topliss-reactive ketones (excluding diaryl/α,β-unsaturated/α-hetero) is 2. The number of hydrogen-bond donors (Lipinski definition) is 2. The van der Waals surface area contributed by atoms with Crippen molar-refractivity contribution in [1.82, 2.24) is 20.4 Å². The van der Waals surface area contributed by atoms with Crippen LogP contribution in [0.3, 0.4) is 0 Å². The second-order valence-electron chi connectivity index (χ2n) is 14.9. The van der Waals surface area contributed by atoms with E-state index in [2.05, 4.69) is 58.5 Å². The number of nitrogens with zero attached hydrogens (tertiary/aromatic N) is 2. The Hall–Kier alpha value is -5.18. The normalized spacial score (nSPS) is 13.1. The Kier molecular flexibility index (Phi) is 18.1. The number of ketones is 2. The van der Waals surface area contributed by atoms with E-state index in [1.165, 1.54) is 11.1 Å². The van der Waals surface area contributed by atoms with Crippen LogP contribution in [0, 0.1) is 0 Å². The molecule has 4 aromatic rings. The lowest BCUT2D eigenvalue weighted by atomic mass is 9.84. The van der Waals surface area contributed by atoms with Crippen LogP contribution in [0.2, 0.25) is 0 Å². The van der Waals surface area contributed by atoms with E-state index < -0.39 is 0 Å². The van der Waals surface area contributed by atoms with Crippen molar-refractivity contribution in [3.63, 3.8) is 0 Å². The Labute approximate surface area is 347 Å². The standard InChI is InChI=1S/C50H64N4O4/c1-5-53(37-41-29-17-19-31-43(41)57-3)35-23-9-7-21-33-51-47-45(39-25-13-11-14-26-39)50(56)48(46(49(47)55)40-27-15-12-16-28-40)52-34-22-8-10-24-36-54(6-2)38-42-30-18-20-32-44(42)58-4/h11-20,25-32,51-52H,5-10,21-24,33-38H2,1-4H3. The van der Waals surface area contributed by atoms with Crippen LogP contribution in [0.5, 0.6) is 11.5 Å². The smallest absolute Gasteiger partial charge is 0.212 e. The highest BCUT2D eigenvalue weighted by molar-refractivity contribution is 6.47. The molecule has 58 heavy (non-hydrogen) atoms. The minimum Gasteiger partial charge on any atom is -0.496 e. The first-order valence-electron chi connectivity index (χ1n) is 21.3. The number of ether oxygens (including phenoxy) is 2. The van der Waals surface area contributed by atoms with E-state index in [0.29, 0.717) is 35.6 Å². The number of nitrogens with one attached hydrogen (secondary N) is 2. The van der Waals surface area contributed by atoms with Gasteiger partial charge < -0.3 is 20.1 Å². The lowest BCUT2D eigenvalue weighted by molar-refractivity contribution is -0.114. The molecule has 5 rings (SSSR count). The van der Waals surface area contributed by atoms with E-state index in [9.17, 15) is 9.59 Å². The summed E-state index contributed by atoms with van der Waals surface area (Å²) in [5, 5.41) is 6.93. The summed E-state index contributed by atoms with van der Waals surface area (Å²) in [6.07, 6.45) is 8.22. The zero-order chi connectivity index (χ0) is 41.0. The minimum atomic E-state index is -0.142. The molecule has 0 saturated carbocycles. The molecule has 0 amide bonds. The zero-order valence-corrected chi connectivity index (χ0v) is 35.2. The van der Waals surface area contributed by atoms with Crippen LogP contribution in [-0.4, -0.2) is 74.9 Å². The zero-order valence-electron chi connectivity index (χ0n) is 35.2. The Morgan fingerprint density at radius 2 is 0.828 bits per heavy atom. The summed E-state index contributed by atoms with van der Waals surface area (Å²) in [4.78, 5) is 34.1. The van der Waals surface area contributed by atoms with E-state index in [1.807, 2.05) is 84.9 Å². The van der Waals surface area contributed by atoms with E-state index in [-0.39, 0.29) is 11.6 Å². The van der Waals surface area contributed by atoms with E-state index in [0.717, 1.165) is 113 Å². The van der Waals surface area contributed by atoms with Crippen LogP contribution in [-0.2, 0) is 22.7 Å². The molecule has 0 bridgehead atoms. The number of hydrogen-bond acceptors (Lipinski definition) is 8. The van der Waals surface area contributed by atoms with Crippen molar-refractivity contribution in [1.29, 1.82) is 0 Å². The highest BCUT2D eigenvalue weighted by Gasteiger charge is 2.36. The molecule has 0 heterocycles. The lowest BCUT2D eigenvalue weighted by Gasteiger charge is -2.26. The van der Waals surface area contributed by atoms with Gasteiger partial charge >= 0.3 is 0 Å². The van der Waals surface area contributed by atoms with E-state index in [4.69, 9.17) is 9.47 Å². The number of allylic oxidation sites excluding steroid dienone is 2. The molecule has 0 atom stereocenters. The Morgan fingerprint density at radius 3 is 1.21 bits per heavy atom. The van der Waals surface area contributed by atoms with Crippen LogP contribution in [0.1, 0.15) is 87.5 Å². The fraction of sp³-hybridized carbons (Fsp3) is 0.400. The number of carbonyl (C=O) groups is 2. The number of para-hydroxylation sites is 2. The SMILES string of the molecule is CCN(CCCCCCNC1=C(c2ccccc2)C(=O)C(NCCCCCCN(CC)Cc2ccccc2OC)=C(c2ccccc2)C1=O)Cc1ccccc1OC. The third kappa shape index (κ3) is 12.4. The van der Waals surface area contributed by atoms with E-state index in [1.54, 1.807) is 14.2 Å². The Morgan fingerprint density at radius 1 is 0.466 bits per heavy atom. The van der Waals surface area contributed by atoms with Gasteiger partial charge in [-0.3, -0.25) is 19.4 Å². The third-order valence-electron chi connectivity index (χ3n) is 11.0. The summed E-state index contributed by atoms with van der Waals surface area (Å²) in [6, 6.07) is 35.7. The summed E-state index contributed by atoms with van der Waals surface area (Å²) in [7, 11) is 3.45. The Bertz CT molecular complexity index is 1800. The summed E-state index contributed by atoms with van der Waals surface area (Å²) in [6.45, 7) is 11.4. The molecular weight excluding hydrogens is 721 g/mol. The van der Waals surface area contributed by atoms with Crippen LogP contribution in [0.4, 0.5) is 0 Å². The average Bonchev–Trinajstić information content (AvgIpc) is 3.26. The molecule has 2 N–H and O–H groups in total. The van der Waals surface area contributed by atoms with Gasteiger partial charge in [0.25, 0.3) is 0 Å². The third-order valence-corrected chi connectivity index (χ3v) is 11.0. The van der Waals surface area contributed by atoms with Crippen molar-refractivity contribution < 1.29 is 19.1 Å². The van der Waals surface area contributed by atoms with Crippen LogP contribution in [0.15, 0.2) is 121 Å². The highest BCUT2D eigenvalue weighted by atomic mass is 16.5. The summed E-state index contributed by atoms with van der Waals surface area (Å²) in [5.74, 6) is 1.58. The molecule has 8 heteroatoms.